The number of aliphatic hydroxyl groups excluding tert-OH is 1. The minimum absolute atomic E-state index is 0.469. The summed E-state index contributed by atoms with van der Waals surface area (Å²) in [5, 5.41) is 19.4. The van der Waals surface area contributed by atoms with Crippen molar-refractivity contribution >= 4 is 11.6 Å². The fraction of sp³-hybridized carbons (Fsp3) is 0.529. The molecule has 0 spiro atoms. The molecule has 1 N–H and O–H groups in total. The van der Waals surface area contributed by atoms with E-state index in [0.717, 1.165) is 43.9 Å². The van der Waals surface area contributed by atoms with Crippen LogP contribution in [0.1, 0.15) is 43.2 Å². The van der Waals surface area contributed by atoms with Crippen molar-refractivity contribution in [3.05, 3.63) is 47.0 Å². The fourth-order valence-electron chi connectivity index (χ4n) is 3.23. The molecule has 1 aromatic heterocycles. The number of aliphatic hydroxyl groups is 1. The fourth-order valence-corrected chi connectivity index (χ4v) is 3.36. The van der Waals surface area contributed by atoms with Gasteiger partial charge in [-0.1, -0.05) is 23.7 Å². The number of benzene rings is 1. The van der Waals surface area contributed by atoms with Gasteiger partial charge in [0.15, 0.2) is 0 Å². The Morgan fingerprint density at radius 3 is 2.61 bits per heavy atom. The second-order valence-corrected chi connectivity index (χ2v) is 6.55. The normalized spacial score (nSPS) is 18.2. The summed E-state index contributed by atoms with van der Waals surface area (Å²) in [5.74, 6) is 1.58. The maximum atomic E-state index is 10.4. The van der Waals surface area contributed by atoms with E-state index in [4.69, 9.17) is 11.6 Å². The van der Waals surface area contributed by atoms with Gasteiger partial charge in [-0.3, -0.25) is 0 Å². The van der Waals surface area contributed by atoms with Gasteiger partial charge in [0, 0.05) is 24.0 Å². The Labute approximate surface area is 141 Å². The van der Waals surface area contributed by atoms with E-state index in [1.165, 1.54) is 0 Å². The zero-order valence-corrected chi connectivity index (χ0v) is 14.2. The molecule has 1 aliphatic rings. The molecule has 23 heavy (non-hydrogen) atoms. The van der Waals surface area contributed by atoms with Gasteiger partial charge in [-0.15, -0.1) is 10.2 Å². The highest BCUT2D eigenvalue weighted by molar-refractivity contribution is 6.30. The molecule has 0 aliphatic carbocycles. The van der Waals surface area contributed by atoms with Gasteiger partial charge >= 0.3 is 0 Å². The van der Waals surface area contributed by atoms with Gasteiger partial charge in [0.05, 0.1) is 6.10 Å². The Bertz CT molecular complexity index is 620. The predicted octanol–water partition coefficient (Wildman–Crippen LogP) is 2.86. The number of hydrogen-bond acceptors (Lipinski definition) is 4. The van der Waals surface area contributed by atoms with Gasteiger partial charge in [0.1, 0.15) is 12.2 Å². The van der Waals surface area contributed by atoms with Crippen LogP contribution in [0.25, 0.3) is 0 Å². The molecule has 0 bridgehead atoms. The summed E-state index contributed by atoms with van der Waals surface area (Å²) in [6, 6.07) is 7.43. The lowest BCUT2D eigenvalue weighted by Gasteiger charge is -2.32. The minimum Gasteiger partial charge on any atom is -0.387 e. The second kappa shape index (κ2) is 7.43. The SMILES string of the molecule is CCn1cnnc1C1CCN(CC(O)c2ccc(Cl)cc2)CC1. The summed E-state index contributed by atoms with van der Waals surface area (Å²) >= 11 is 5.89. The Morgan fingerprint density at radius 1 is 1.26 bits per heavy atom. The van der Waals surface area contributed by atoms with E-state index < -0.39 is 6.10 Å². The van der Waals surface area contributed by atoms with Crippen molar-refractivity contribution in [2.75, 3.05) is 19.6 Å². The first-order valence-electron chi connectivity index (χ1n) is 8.21. The van der Waals surface area contributed by atoms with Gasteiger partial charge in [0.2, 0.25) is 0 Å². The molecule has 124 valence electrons. The molecule has 6 heteroatoms. The number of aryl methyl sites for hydroxylation is 1. The molecule has 1 aromatic carbocycles. The third-order valence-electron chi connectivity index (χ3n) is 4.62. The average Bonchev–Trinajstić information content (AvgIpc) is 3.05. The molecule has 3 rings (SSSR count). The standard InChI is InChI=1S/C17H23ClN4O/c1-2-22-12-19-20-17(22)14-7-9-21(10-8-14)11-16(23)13-3-5-15(18)6-4-13/h3-6,12,14,16,23H,2,7-11H2,1H3. The van der Waals surface area contributed by atoms with Crippen molar-refractivity contribution in [2.45, 2.75) is 38.3 Å². The van der Waals surface area contributed by atoms with E-state index in [2.05, 4.69) is 26.6 Å². The topological polar surface area (TPSA) is 54.2 Å². The average molecular weight is 335 g/mol. The van der Waals surface area contributed by atoms with Crippen molar-refractivity contribution in [3.8, 4) is 0 Å². The van der Waals surface area contributed by atoms with Crippen LogP contribution in [0.3, 0.4) is 0 Å². The molecule has 2 aromatic rings. The summed E-state index contributed by atoms with van der Waals surface area (Å²) in [6.07, 6.45) is 3.47. The summed E-state index contributed by atoms with van der Waals surface area (Å²) in [5.41, 5.74) is 0.919. The van der Waals surface area contributed by atoms with Crippen molar-refractivity contribution in [1.82, 2.24) is 19.7 Å². The summed E-state index contributed by atoms with van der Waals surface area (Å²) in [7, 11) is 0. The quantitative estimate of drug-likeness (QED) is 0.913. The molecular weight excluding hydrogens is 312 g/mol. The molecule has 0 amide bonds. The van der Waals surface area contributed by atoms with E-state index in [-0.39, 0.29) is 0 Å². The van der Waals surface area contributed by atoms with Crippen LogP contribution >= 0.6 is 11.6 Å². The zero-order valence-electron chi connectivity index (χ0n) is 13.4. The van der Waals surface area contributed by atoms with Crippen LogP contribution in [0.15, 0.2) is 30.6 Å². The molecule has 0 saturated carbocycles. The van der Waals surface area contributed by atoms with Crippen LogP contribution in [-0.4, -0.2) is 44.4 Å². The highest BCUT2D eigenvalue weighted by Gasteiger charge is 2.25. The van der Waals surface area contributed by atoms with Gasteiger partial charge in [0.25, 0.3) is 0 Å². The largest absolute Gasteiger partial charge is 0.387 e. The summed E-state index contributed by atoms with van der Waals surface area (Å²) in [4.78, 5) is 2.32. The van der Waals surface area contributed by atoms with Crippen molar-refractivity contribution in [3.63, 3.8) is 0 Å². The van der Waals surface area contributed by atoms with Crippen LogP contribution in [0.4, 0.5) is 0 Å². The first-order chi connectivity index (χ1) is 11.2. The van der Waals surface area contributed by atoms with E-state index in [0.29, 0.717) is 17.5 Å². The Balaban J connectivity index is 1.54. The number of halogens is 1. The van der Waals surface area contributed by atoms with E-state index in [9.17, 15) is 5.11 Å². The zero-order chi connectivity index (χ0) is 16.2. The maximum absolute atomic E-state index is 10.4. The first kappa shape index (κ1) is 16.4. The second-order valence-electron chi connectivity index (χ2n) is 6.12. The van der Waals surface area contributed by atoms with Crippen molar-refractivity contribution in [2.24, 2.45) is 0 Å². The maximum Gasteiger partial charge on any atom is 0.135 e. The smallest absolute Gasteiger partial charge is 0.135 e. The third-order valence-corrected chi connectivity index (χ3v) is 4.88. The van der Waals surface area contributed by atoms with Gasteiger partial charge in [-0.2, -0.15) is 0 Å². The van der Waals surface area contributed by atoms with Crippen molar-refractivity contribution in [1.29, 1.82) is 0 Å². The van der Waals surface area contributed by atoms with Crippen LogP contribution in [0.2, 0.25) is 5.02 Å². The molecule has 1 unspecified atom stereocenters. The van der Waals surface area contributed by atoms with E-state index in [1.54, 1.807) is 0 Å². The molecule has 1 fully saturated rings. The van der Waals surface area contributed by atoms with Gasteiger partial charge < -0.3 is 14.6 Å². The Kier molecular flexibility index (Phi) is 5.30. The number of nitrogens with zero attached hydrogens (tertiary/aromatic N) is 4. The molecular formula is C17H23ClN4O. The lowest BCUT2D eigenvalue weighted by molar-refractivity contribution is 0.0962. The third kappa shape index (κ3) is 3.91. The number of rotatable bonds is 5. The lowest BCUT2D eigenvalue weighted by atomic mass is 9.95. The van der Waals surface area contributed by atoms with Crippen LogP contribution in [-0.2, 0) is 6.54 Å². The van der Waals surface area contributed by atoms with Crippen molar-refractivity contribution < 1.29 is 5.11 Å². The number of piperidine rings is 1. The monoisotopic (exact) mass is 334 g/mol. The summed E-state index contributed by atoms with van der Waals surface area (Å²) < 4.78 is 2.13. The number of hydrogen-bond donors (Lipinski definition) is 1. The number of likely N-dealkylation sites (tertiary alicyclic amines) is 1. The molecule has 5 nitrogen and oxygen atoms in total. The summed E-state index contributed by atoms with van der Waals surface area (Å²) in [6.45, 7) is 5.65. The Hall–Kier alpha value is -1.43. The molecule has 1 aliphatic heterocycles. The lowest BCUT2D eigenvalue weighted by Crippen LogP contribution is -2.36. The molecule has 2 heterocycles. The highest BCUT2D eigenvalue weighted by atomic mass is 35.5. The van der Waals surface area contributed by atoms with E-state index in [1.807, 2.05) is 30.6 Å². The molecule has 1 atom stereocenters. The molecule has 0 radical (unpaired) electrons. The number of aromatic nitrogens is 3. The Morgan fingerprint density at radius 2 is 1.96 bits per heavy atom. The highest BCUT2D eigenvalue weighted by Crippen LogP contribution is 2.27. The predicted molar refractivity (Wildman–Crippen MR) is 90.5 cm³/mol. The number of β-amino-alcohol motifs (C(OH)–C–C–N with tert-alkyl or cyclic N) is 1. The van der Waals surface area contributed by atoms with Gasteiger partial charge in [-0.05, 0) is 50.6 Å². The first-order valence-corrected chi connectivity index (χ1v) is 8.58. The van der Waals surface area contributed by atoms with Crippen LogP contribution < -0.4 is 0 Å². The van der Waals surface area contributed by atoms with E-state index >= 15 is 0 Å². The molecule has 1 saturated heterocycles. The minimum atomic E-state index is -0.469. The van der Waals surface area contributed by atoms with Crippen LogP contribution in [0, 0.1) is 0 Å². The van der Waals surface area contributed by atoms with Crippen LogP contribution in [0.5, 0.6) is 0 Å². The van der Waals surface area contributed by atoms with Gasteiger partial charge in [-0.25, -0.2) is 0 Å².